The van der Waals surface area contributed by atoms with Gasteiger partial charge >= 0.3 is 0 Å². The van der Waals surface area contributed by atoms with Gasteiger partial charge in [-0.1, -0.05) is 77.5 Å². The molecule has 0 atom stereocenters. The second-order valence-corrected chi connectivity index (χ2v) is 12.5. The minimum atomic E-state index is -1.20. The first-order chi connectivity index (χ1) is 12.0. The van der Waals surface area contributed by atoms with E-state index in [4.69, 9.17) is 4.74 Å². The van der Waals surface area contributed by atoms with Gasteiger partial charge in [-0.25, -0.2) is 0 Å². The van der Waals surface area contributed by atoms with Crippen LogP contribution in [-0.4, -0.2) is 18.5 Å². The minimum absolute atomic E-state index is 0. The molecule has 0 fully saturated rings. The van der Waals surface area contributed by atoms with Gasteiger partial charge in [-0.3, -0.25) is 4.74 Å². The van der Waals surface area contributed by atoms with E-state index in [1.807, 2.05) is 13.8 Å². The van der Waals surface area contributed by atoms with Gasteiger partial charge in [0.15, 0.2) is 0 Å². The van der Waals surface area contributed by atoms with E-state index in [2.05, 4.69) is 79.3 Å². The maximum Gasteiger partial charge on any atom is 0.0425 e. The molecule has 1 nitrogen and oxygen atoms in total. The average molecular weight is 425 g/mol. The number of rotatable bonds is 8. The van der Waals surface area contributed by atoms with Gasteiger partial charge in [0.1, 0.15) is 0 Å². The molecule has 27 heavy (non-hydrogen) atoms. The van der Waals surface area contributed by atoms with Gasteiger partial charge in [-0.15, -0.1) is 0 Å². The molecule has 3 heteroatoms. The van der Waals surface area contributed by atoms with E-state index in [-0.39, 0.29) is 21.7 Å². The fraction of sp³-hybridized carbons (Fsp3) is 0.667. The first-order valence-electron chi connectivity index (χ1n) is 10.2. The van der Waals surface area contributed by atoms with Crippen molar-refractivity contribution in [3.63, 3.8) is 0 Å². The Labute approximate surface area is 185 Å². The number of hydrogen-bond donors (Lipinski definition) is 0. The van der Waals surface area contributed by atoms with E-state index in [1.165, 1.54) is 29.8 Å². The Morgan fingerprint density at radius 2 is 1.48 bits per heavy atom. The van der Waals surface area contributed by atoms with Crippen LogP contribution < -0.4 is 0 Å². The second kappa shape index (κ2) is 14.8. The Morgan fingerprint density at radius 3 is 1.70 bits per heavy atom. The van der Waals surface area contributed by atoms with Crippen molar-refractivity contribution in [2.45, 2.75) is 68.7 Å². The van der Waals surface area contributed by atoms with Crippen LogP contribution in [0.1, 0.15) is 68.7 Å². The summed E-state index contributed by atoms with van der Waals surface area (Å²) in [5.74, 6) is 2.26. The molecule has 0 amide bonds. The Bertz CT molecular complexity index is 544. The molecule has 0 aromatic heterocycles. The summed E-state index contributed by atoms with van der Waals surface area (Å²) in [6, 6.07) is 0. The Hall–Kier alpha value is -0.0957. The zero-order valence-corrected chi connectivity index (χ0v) is 21.9. The monoisotopic (exact) mass is 425 g/mol. The summed E-state index contributed by atoms with van der Waals surface area (Å²) in [7, 11) is -1.20. The summed E-state index contributed by atoms with van der Waals surface area (Å²) >= 11 is 0. The van der Waals surface area contributed by atoms with Crippen molar-refractivity contribution < 1.29 is 21.7 Å². The molecule has 0 bridgehead atoms. The molecule has 0 radical (unpaired) electrons. The summed E-state index contributed by atoms with van der Waals surface area (Å²) in [4.78, 5) is 0. The third kappa shape index (κ3) is 13.7. The molecule has 0 aliphatic heterocycles. The summed E-state index contributed by atoms with van der Waals surface area (Å²) in [5.41, 5.74) is 3.76. The molecule has 0 aromatic rings. The molecule has 1 rings (SSSR count). The quantitative estimate of drug-likeness (QED) is 0.210. The van der Waals surface area contributed by atoms with Crippen molar-refractivity contribution in [3.8, 4) is 0 Å². The first kappa shape index (κ1) is 29.1. The smallest absolute Gasteiger partial charge is 0.0425 e. The van der Waals surface area contributed by atoms with Gasteiger partial charge in [0.2, 0.25) is 0 Å². The molecular formula is C24H44NPTi. The van der Waals surface area contributed by atoms with E-state index in [9.17, 15) is 0 Å². The molecule has 0 N–H and O–H groups in total. The number of nitrogens with zero attached hydrogens (tertiary/aromatic N) is 1. The van der Waals surface area contributed by atoms with Crippen LogP contribution in [0, 0.1) is 17.8 Å². The third-order valence-corrected chi connectivity index (χ3v) is 9.22. The van der Waals surface area contributed by atoms with Crippen LogP contribution in [0.5, 0.6) is 0 Å². The fourth-order valence-electron chi connectivity index (χ4n) is 3.41. The van der Waals surface area contributed by atoms with E-state index < -0.39 is 7.05 Å². The van der Waals surface area contributed by atoms with E-state index in [0.717, 1.165) is 29.7 Å². The number of hydrogen-bond acceptors (Lipinski definition) is 1. The Balaban J connectivity index is 0. The van der Waals surface area contributed by atoms with Gasteiger partial charge in [-0.05, 0) is 70.1 Å². The summed E-state index contributed by atoms with van der Waals surface area (Å²) in [6.07, 6.45) is 13.7. The van der Waals surface area contributed by atoms with Crippen molar-refractivity contribution in [1.82, 2.24) is 0 Å². The second-order valence-electron chi connectivity index (χ2n) is 8.97. The number of allylic oxidation sites excluding steroid dienone is 6. The Kier molecular flexibility index (Phi) is 16.0. The maximum absolute atomic E-state index is 5.34. The van der Waals surface area contributed by atoms with Crippen LogP contribution in [-0.2, 0) is 21.7 Å². The van der Waals surface area contributed by atoms with Gasteiger partial charge in [-0.2, -0.15) is 0 Å². The average Bonchev–Trinajstić information content (AvgIpc) is 2.96. The SMILES string of the molecule is C=C(C)C(C)=CC.CC(C)CP(CC(C)C)(CC(C)C)=NC1=CC=CC1.[Ti]. The minimum Gasteiger partial charge on any atom is -0.272 e. The van der Waals surface area contributed by atoms with Crippen molar-refractivity contribution in [1.29, 1.82) is 0 Å². The summed E-state index contributed by atoms with van der Waals surface area (Å²) in [6.45, 7) is 24.0. The summed E-state index contributed by atoms with van der Waals surface area (Å²) in [5, 5.41) is 0. The van der Waals surface area contributed by atoms with Crippen molar-refractivity contribution in [2.24, 2.45) is 22.5 Å². The van der Waals surface area contributed by atoms with Gasteiger partial charge in [0, 0.05) is 33.8 Å². The molecule has 0 aromatic carbocycles. The van der Waals surface area contributed by atoms with Crippen LogP contribution in [0.15, 0.2) is 52.5 Å². The standard InChI is InChI=1S/C17H32NP.C7H12.Ti/c1-14(2)11-19(12-15(3)4,13-16(5)6)18-17-9-7-8-10-17;1-5-7(4)6(2)3;/h7-9,14-16H,10-13H2,1-6H3;5H,2H2,1,3-4H3;. The zero-order chi connectivity index (χ0) is 20.3. The molecule has 0 spiro atoms. The van der Waals surface area contributed by atoms with Crippen molar-refractivity contribution in [3.05, 3.63) is 47.7 Å². The molecule has 1 aliphatic rings. The first-order valence-corrected chi connectivity index (χ1v) is 12.5. The molecule has 0 saturated heterocycles. The van der Waals surface area contributed by atoms with Crippen molar-refractivity contribution >= 4 is 7.05 Å². The third-order valence-electron chi connectivity index (χ3n) is 4.31. The van der Waals surface area contributed by atoms with Crippen LogP contribution >= 0.6 is 7.05 Å². The maximum atomic E-state index is 5.34. The van der Waals surface area contributed by atoms with Crippen LogP contribution in [0.2, 0.25) is 0 Å². The van der Waals surface area contributed by atoms with Crippen molar-refractivity contribution in [2.75, 3.05) is 18.5 Å². The molecule has 1 aliphatic carbocycles. The van der Waals surface area contributed by atoms with E-state index in [1.54, 1.807) is 0 Å². The predicted molar refractivity (Wildman–Crippen MR) is 125 cm³/mol. The van der Waals surface area contributed by atoms with Gasteiger partial charge in [0.05, 0.1) is 0 Å². The predicted octanol–water partition coefficient (Wildman–Crippen LogP) is 8.53. The van der Waals surface area contributed by atoms with E-state index >= 15 is 0 Å². The molecule has 0 saturated carbocycles. The fourth-order valence-corrected chi connectivity index (χ4v) is 8.88. The largest absolute Gasteiger partial charge is 0.272 e. The summed E-state index contributed by atoms with van der Waals surface area (Å²) < 4.78 is 5.34. The molecule has 0 unspecified atom stereocenters. The van der Waals surface area contributed by atoms with E-state index in [0.29, 0.717) is 0 Å². The van der Waals surface area contributed by atoms with Crippen LogP contribution in [0.4, 0.5) is 0 Å². The molecule has 0 heterocycles. The van der Waals surface area contributed by atoms with Gasteiger partial charge < -0.3 is 0 Å². The molecular weight excluding hydrogens is 381 g/mol. The Morgan fingerprint density at radius 1 is 1.04 bits per heavy atom. The molecule has 154 valence electrons. The van der Waals surface area contributed by atoms with Crippen LogP contribution in [0.3, 0.4) is 0 Å². The van der Waals surface area contributed by atoms with Crippen LogP contribution in [0.25, 0.3) is 0 Å². The van der Waals surface area contributed by atoms with Gasteiger partial charge in [0.25, 0.3) is 0 Å². The normalized spacial score (nSPS) is 14.1. The zero-order valence-electron chi connectivity index (χ0n) is 19.5. The topological polar surface area (TPSA) is 12.4 Å².